The number of carbonyl (C=O) groups excluding carboxylic acids is 2. The fraction of sp³-hybridized carbons (Fsp3) is 0.371. The zero-order chi connectivity index (χ0) is 29.1. The summed E-state index contributed by atoms with van der Waals surface area (Å²) in [5.74, 6) is -0.115. The summed E-state index contributed by atoms with van der Waals surface area (Å²) in [5.41, 5.74) is 5.66. The van der Waals surface area contributed by atoms with Gasteiger partial charge >= 0.3 is 0 Å². The lowest BCUT2D eigenvalue weighted by atomic mass is 9.80. The van der Waals surface area contributed by atoms with Crippen molar-refractivity contribution in [1.82, 2.24) is 14.8 Å². The summed E-state index contributed by atoms with van der Waals surface area (Å²) in [5, 5.41) is 3.13. The number of methoxy groups -OCH3 is 1. The molecule has 1 aliphatic carbocycles. The van der Waals surface area contributed by atoms with E-state index >= 15 is 0 Å². The van der Waals surface area contributed by atoms with Gasteiger partial charge in [-0.2, -0.15) is 0 Å². The van der Waals surface area contributed by atoms with Crippen LogP contribution in [0.25, 0.3) is 5.57 Å². The van der Waals surface area contributed by atoms with Gasteiger partial charge in [0.25, 0.3) is 11.8 Å². The van der Waals surface area contributed by atoms with Gasteiger partial charge in [0.05, 0.1) is 18.7 Å². The number of aromatic nitrogens is 1. The molecule has 7 nitrogen and oxygen atoms in total. The summed E-state index contributed by atoms with van der Waals surface area (Å²) >= 11 is 0. The summed E-state index contributed by atoms with van der Waals surface area (Å²) in [6.45, 7) is 6.69. The molecule has 1 aromatic heterocycles. The van der Waals surface area contributed by atoms with Gasteiger partial charge in [0, 0.05) is 43.6 Å². The Balaban J connectivity index is 1.25. The number of para-hydroxylation sites is 1. The number of likely N-dealkylation sites (tertiary alicyclic amines) is 1. The van der Waals surface area contributed by atoms with Gasteiger partial charge in [-0.1, -0.05) is 67.1 Å². The molecule has 2 amide bonds. The van der Waals surface area contributed by atoms with Gasteiger partial charge in [0.2, 0.25) is 0 Å². The number of carbonyl (C=O) groups is 2. The Kier molecular flexibility index (Phi) is 8.13. The van der Waals surface area contributed by atoms with E-state index < -0.39 is 5.60 Å². The molecule has 0 bridgehead atoms. The Bertz CT molecular complexity index is 1520. The highest BCUT2D eigenvalue weighted by molar-refractivity contribution is 6.07. The van der Waals surface area contributed by atoms with Gasteiger partial charge in [-0.25, -0.2) is 0 Å². The van der Waals surface area contributed by atoms with Crippen LogP contribution in [0.1, 0.15) is 59.9 Å². The number of nitrogens with one attached hydrogen (secondary N) is 1. The number of ether oxygens (including phenoxy) is 1. The van der Waals surface area contributed by atoms with E-state index in [0.29, 0.717) is 37.3 Å². The van der Waals surface area contributed by atoms with Crippen molar-refractivity contribution in [2.24, 2.45) is 0 Å². The lowest BCUT2D eigenvalue weighted by molar-refractivity contribution is -0.115. The fourth-order valence-corrected chi connectivity index (χ4v) is 6.54. The third-order valence-electron chi connectivity index (χ3n) is 9.00. The molecular formula is C35H40N4O3. The second-order valence-corrected chi connectivity index (χ2v) is 11.7. The van der Waals surface area contributed by atoms with Gasteiger partial charge in [0.15, 0.2) is 0 Å². The van der Waals surface area contributed by atoms with Crippen molar-refractivity contribution < 1.29 is 14.3 Å². The van der Waals surface area contributed by atoms with Crippen molar-refractivity contribution in [3.63, 3.8) is 0 Å². The molecule has 1 N–H and O–H groups in total. The number of nitrogens with zero attached hydrogens (tertiary/aromatic N) is 3. The third-order valence-corrected chi connectivity index (χ3v) is 9.00. The smallest absolute Gasteiger partial charge is 0.267 e. The summed E-state index contributed by atoms with van der Waals surface area (Å²) in [6.07, 6.45) is 8.21. The van der Waals surface area contributed by atoms with E-state index in [1.807, 2.05) is 78.6 Å². The first-order valence-corrected chi connectivity index (χ1v) is 15.1. The van der Waals surface area contributed by atoms with Crippen LogP contribution in [0.4, 0.5) is 5.69 Å². The van der Waals surface area contributed by atoms with Crippen LogP contribution in [0.5, 0.6) is 0 Å². The molecule has 1 saturated heterocycles. The lowest BCUT2D eigenvalue weighted by Crippen LogP contribution is -2.38. The number of benzene rings is 2. The SMILES string of the molecule is COC1(C)CC(C(=O)N2Cc3ccc(C(=O)NCCN4CCCCC4)n3Cc3ccccc32)=CC=C1c1ccccc1. The van der Waals surface area contributed by atoms with E-state index in [2.05, 4.69) is 26.9 Å². The van der Waals surface area contributed by atoms with Crippen molar-refractivity contribution >= 4 is 23.1 Å². The highest BCUT2D eigenvalue weighted by atomic mass is 16.5. The molecule has 2 aliphatic heterocycles. The number of hydrogen-bond acceptors (Lipinski definition) is 4. The number of hydrogen-bond donors (Lipinski definition) is 1. The van der Waals surface area contributed by atoms with Crippen LogP contribution in [0.2, 0.25) is 0 Å². The zero-order valence-electron chi connectivity index (χ0n) is 24.6. The van der Waals surface area contributed by atoms with Crippen LogP contribution in [-0.4, -0.2) is 60.2 Å². The molecule has 1 unspecified atom stereocenters. The molecule has 0 radical (unpaired) electrons. The number of allylic oxidation sites excluding steroid dienone is 2. The lowest BCUT2D eigenvalue weighted by Gasteiger charge is -2.36. The quantitative estimate of drug-likeness (QED) is 0.416. The molecule has 0 saturated carbocycles. The van der Waals surface area contributed by atoms with E-state index in [9.17, 15) is 9.59 Å². The number of fused-ring (bicyclic) bond motifs is 2. The van der Waals surface area contributed by atoms with E-state index in [1.165, 1.54) is 19.3 Å². The maximum absolute atomic E-state index is 14.2. The topological polar surface area (TPSA) is 66.8 Å². The number of piperidine rings is 1. The van der Waals surface area contributed by atoms with Crippen molar-refractivity contribution in [2.45, 2.75) is 51.3 Å². The first kappa shape index (κ1) is 28.2. The molecule has 1 atom stereocenters. The standard InChI is InChI=1S/C35H40N4O3/c1-35(42-2)23-27(15-17-30(35)26-11-5-3-6-12-26)34(41)39-25-29-16-18-32(38(29)24-28-13-7-8-14-31(28)39)33(40)36-19-22-37-20-9-4-10-21-37/h3,5-8,11-18H,4,9-10,19-25H2,1-2H3,(H,36,40). The average Bonchev–Trinajstić information content (AvgIpc) is 3.34. The van der Waals surface area contributed by atoms with E-state index in [0.717, 1.165) is 47.7 Å². The maximum atomic E-state index is 14.2. The Morgan fingerprint density at radius 2 is 1.67 bits per heavy atom. The summed E-state index contributed by atoms with van der Waals surface area (Å²) in [7, 11) is 1.71. The highest BCUT2D eigenvalue weighted by Crippen LogP contribution is 2.40. The molecule has 7 heteroatoms. The first-order chi connectivity index (χ1) is 20.5. The minimum atomic E-state index is -0.633. The predicted octanol–water partition coefficient (Wildman–Crippen LogP) is 5.42. The van der Waals surface area contributed by atoms with Gasteiger partial charge in [0.1, 0.15) is 5.69 Å². The Morgan fingerprint density at radius 3 is 2.45 bits per heavy atom. The molecule has 2 aromatic carbocycles. The summed E-state index contributed by atoms with van der Waals surface area (Å²) in [4.78, 5) is 31.8. The van der Waals surface area contributed by atoms with E-state index in [4.69, 9.17) is 4.74 Å². The van der Waals surface area contributed by atoms with E-state index in [-0.39, 0.29) is 11.8 Å². The van der Waals surface area contributed by atoms with Crippen molar-refractivity contribution in [3.8, 4) is 0 Å². The average molecular weight is 565 g/mol. The third kappa shape index (κ3) is 5.59. The van der Waals surface area contributed by atoms with Crippen molar-refractivity contribution in [2.75, 3.05) is 38.2 Å². The Labute approximate surface area is 248 Å². The number of anilines is 1. The second-order valence-electron chi connectivity index (χ2n) is 11.7. The minimum Gasteiger partial charge on any atom is -0.373 e. The fourth-order valence-electron chi connectivity index (χ4n) is 6.54. The molecule has 3 aliphatic rings. The van der Waals surface area contributed by atoms with Gasteiger partial charge in [-0.15, -0.1) is 0 Å². The summed E-state index contributed by atoms with van der Waals surface area (Å²) < 4.78 is 8.09. The van der Waals surface area contributed by atoms with Crippen molar-refractivity contribution in [1.29, 1.82) is 0 Å². The second kappa shape index (κ2) is 12.1. The monoisotopic (exact) mass is 564 g/mol. The van der Waals surface area contributed by atoms with Crippen LogP contribution < -0.4 is 10.2 Å². The Hall–Kier alpha value is -3.94. The molecule has 218 valence electrons. The number of amides is 2. The van der Waals surface area contributed by atoms with Crippen LogP contribution in [-0.2, 0) is 22.6 Å². The van der Waals surface area contributed by atoms with Gasteiger partial charge in [-0.05, 0) is 67.8 Å². The largest absolute Gasteiger partial charge is 0.373 e. The summed E-state index contributed by atoms with van der Waals surface area (Å²) in [6, 6.07) is 22.1. The zero-order valence-corrected chi connectivity index (χ0v) is 24.6. The molecule has 1 fully saturated rings. The van der Waals surface area contributed by atoms with Crippen LogP contribution in [0.3, 0.4) is 0 Å². The Morgan fingerprint density at radius 1 is 0.905 bits per heavy atom. The minimum absolute atomic E-state index is 0.0451. The molecule has 3 heterocycles. The molecule has 42 heavy (non-hydrogen) atoms. The maximum Gasteiger partial charge on any atom is 0.267 e. The normalized spacial score (nSPS) is 20.6. The van der Waals surface area contributed by atoms with E-state index in [1.54, 1.807) is 7.11 Å². The van der Waals surface area contributed by atoms with Crippen molar-refractivity contribution in [3.05, 3.63) is 107 Å². The predicted molar refractivity (Wildman–Crippen MR) is 166 cm³/mol. The number of rotatable bonds is 7. The van der Waals surface area contributed by atoms with Gasteiger partial charge in [-0.3, -0.25) is 9.59 Å². The first-order valence-electron chi connectivity index (χ1n) is 15.1. The molecular weight excluding hydrogens is 524 g/mol. The van der Waals surface area contributed by atoms with Gasteiger partial charge < -0.3 is 24.4 Å². The molecule has 3 aromatic rings. The molecule has 6 rings (SSSR count). The highest BCUT2D eigenvalue weighted by Gasteiger charge is 2.37. The van der Waals surface area contributed by atoms with Crippen LogP contribution in [0.15, 0.2) is 84.5 Å². The van der Waals surface area contributed by atoms with Crippen LogP contribution in [0, 0.1) is 0 Å². The van der Waals surface area contributed by atoms with Crippen LogP contribution >= 0.6 is 0 Å². The molecule has 0 spiro atoms.